The van der Waals surface area contributed by atoms with Crippen LogP contribution in [0, 0.1) is 23.2 Å². The summed E-state index contributed by atoms with van der Waals surface area (Å²) in [6.45, 7) is 5.55. The average Bonchev–Trinajstić information content (AvgIpc) is 2.83. The first-order valence-electron chi connectivity index (χ1n) is 11.6. The lowest BCUT2D eigenvalue weighted by atomic mass is 9.84. The molecule has 3 rings (SSSR count). The van der Waals surface area contributed by atoms with Gasteiger partial charge in [0.1, 0.15) is 5.75 Å². The summed E-state index contributed by atoms with van der Waals surface area (Å²) in [5.41, 5.74) is 1.75. The molecular formula is C27H31F3N2O3. The van der Waals surface area contributed by atoms with Crippen LogP contribution in [0.3, 0.4) is 0 Å². The molecule has 1 N–H and O–H groups in total. The van der Waals surface area contributed by atoms with Crippen LogP contribution in [-0.2, 0) is 11.3 Å². The molecule has 8 heteroatoms. The largest absolute Gasteiger partial charge is 0.573 e. The summed E-state index contributed by atoms with van der Waals surface area (Å²) in [6.07, 6.45) is 0.0566. The molecular weight excluding hydrogens is 457 g/mol. The monoisotopic (exact) mass is 488 g/mol. The normalized spacial score (nSPS) is 18.3. The van der Waals surface area contributed by atoms with Crippen LogP contribution in [0.1, 0.15) is 73.9 Å². The number of halogens is 3. The highest BCUT2D eigenvalue weighted by molar-refractivity contribution is 5.97. The maximum absolute atomic E-state index is 12.4. The molecule has 0 bridgehead atoms. The first kappa shape index (κ1) is 27.9. The summed E-state index contributed by atoms with van der Waals surface area (Å²) in [7, 11) is 0. The highest BCUT2D eigenvalue weighted by atomic mass is 19.4. The lowest BCUT2D eigenvalue weighted by Gasteiger charge is -2.20. The minimum Gasteiger partial charge on any atom is -0.406 e. The molecule has 1 amide bonds. The number of nitriles is 1. The zero-order chi connectivity index (χ0) is 26.0. The van der Waals surface area contributed by atoms with Crippen LogP contribution in [0.5, 0.6) is 5.75 Å². The van der Waals surface area contributed by atoms with E-state index in [0.717, 1.165) is 18.8 Å². The highest BCUT2D eigenvalue weighted by Crippen LogP contribution is 2.27. The molecule has 5 nitrogen and oxygen atoms in total. The van der Waals surface area contributed by atoms with Crippen LogP contribution >= 0.6 is 0 Å². The molecule has 0 heterocycles. The van der Waals surface area contributed by atoms with E-state index in [0.29, 0.717) is 22.6 Å². The number of benzene rings is 2. The summed E-state index contributed by atoms with van der Waals surface area (Å²) in [4.78, 5) is 24.0. The van der Waals surface area contributed by atoms with Crippen LogP contribution in [0.25, 0.3) is 0 Å². The number of rotatable bonds is 6. The Labute approximate surface area is 204 Å². The van der Waals surface area contributed by atoms with Gasteiger partial charge in [-0.1, -0.05) is 43.3 Å². The van der Waals surface area contributed by atoms with Crippen LogP contribution in [0.15, 0.2) is 48.5 Å². The van der Waals surface area contributed by atoms with E-state index in [2.05, 4.69) is 23.0 Å². The molecule has 1 aliphatic rings. The second-order valence-corrected chi connectivity index (χ2v) is 8.86. The Morgan fingerprint density at radius 2 is 1.69 bits per heavy atom. The minimum atomic E-state index is -4.74. The van der Waals surface area contributed by atoms with E-state index in [1.807, 2.05) is 0 Å². The van der Waals surface area contributed by atoms with E-state index in [1.54, 1.807) is 31.2 Å². The lowest BCUT2D eigenvalue weighted by molar-refractivity contribution is -0.274. The fraction of sp³-hybridized carbons (Fsp3) is 0.444. The topological polar surface area (TPSA) is 79.2 Å². The van der Waals surface area contributed by atoms with Crippen molar-refractivity contribution in [1.29, 1.82) is 5.26 Å². The number of ketones is 1. The van der Waals surface area contributed by atoms with Crippen molar-refractivity contribution < 1.29 is 27.5 Å². The van der Waals surface area contributed by atoms with Crippen molar-refractivity contribution in [2.75, 3.05) is 0 Å². The van der Waals surface area contributed by atoms with E-state index >= 15 is 0 Å². The van der Waals surface area contributed by atoms with Crippen molar-refractivity contribution in [2.45, 2.75) is 65.3 Å². The van der Waals surface area contributed by atoms with Crippen molar-refractivity contribution >= 4 is 11.7 Å². The highest BCUT2D eigenvalue weighted by Gasteiger charge is 2.31. The van der Waals surface area contributed by atoms with Crippen LogP contribution in [0.2, 0.25) is 0 Å². The number of nitrogens with zero attached hydrogens (tertiary/aromatic N) is 1. The quantitative estimate of drug-likeness (QED) is 0.468. The zero-order valence-corrected chi connectivity index (χ0v) is 20.2. The summed E-state index contributed by atoms with van der Waals surface area (Å²) < 4.78 is 40.2. The second kappa shape index (κ2) is 12.9. The minimum absolute atomic E-state index is 0.125. The number of carbonyl (C=O) groups is 2. The van der Waals surface area contributed by atoms with Crippen molar-refractivity contribution in [3.63, 3.8) is 0 Å². The van der Waals surface area contributed by atoms with Crippen molar-refractivity contribution in [1.82, 2.24) is 5.32 Å². The van der Waals surface area contributed by atoms with Gasteiger partial charge in [0.05, 0.1) is 12.0 Å². The Balaban J connectivity index is 0.000000402. The number of nitrogens with one attached hydrogen (secondary N) is 1. The molecule has 0 radical (unpaired) electrons. The van der Waals surface area contributed by atoms with Gasteiger partial charge in [0, 0.05) is 18.0 Å². The van der Waals surface area contributed by atoms with Gasteiger partial charge in [0.2, 0.25) is 5.91 Å². The van der Waals surface area contributed by atoms with Gasteiger partial charge in [-0.15, -0.1) is 13.2 Å². The first-order chi connectivity index (χ1) is 16.5. The van der Waals surface area contributed by atoms with Crippen LogP contribution < -0.4 is 10.1 Å². The molecule has 1 aliphatic carbocycles. The second-order valence-electron chi connectivity index (χ2n) is 8.86. The molecule has 1 atom stereocenters. The molecule has 0 aromatic heterocycles. The van der Waals surface area contributed by atoms with E-state index in [1.165, 1.54) is 44.0 Å². The fourth-order valence-electron chi connectivity index (χ4n) is 3.88. The van der Waals surface area contributed by atoms with E-state index in [9.17, 15) is 22.8 Å². The van der Waals surface area contributed by atoms with E-state index < -0.39 is 12.3 Å². The van der Waals surface area contributed by atoms with Gasteiger partial charge >= 0.3 is 6.36 Å². The number of hydrogen-bond acceptors (Lipinski definition) is 4. The smallest absolute Gasteiger partial charge is 0.406 e. The molecule has 1 saturated carbocycles. The molecule has 188 valence electrons. The Morgan fingerprint density at radius 1 is 1.09 bits per heavy atom. The Hall–Kier alpha value is -3.34. The molecule has 1 fully saturated rings. The number of ether oxygens (including phenoxy) is 1. The van der Waals surface area contributed by atoms with Gasteiger partial charge < -0.3 is 10.1 Å². The number of Topliss-reactive ketones (excluding diaryl/α,β-unsaturated/α-hetero) is 1. The van der Waals surface area contributed by atoms with Crippen molar-refractivity contribution in [3.8, 4) is 11.8 Å². The van der Waals surface area contributed by atoms with Crippen molar-refractivity contribution in [3.05, 3.63) is 65.2 Å². The van der Waals surface area contributed by atoms with Gasteiger partial charge in [-0.2, -0.15) is 5.26 Å². The lowest BCUT2D eigenvalue weighted by Crippen LogP contribution is -2.28. The summed E-state index contributed by atoms with van der Waals surface area (Å²) >= 11 is 0. The third kappa shape index (κ3) is 9.44. The van der Waals surface area contributed by atoms with E-state index in [4.69, 9.17) is 5.26 Å². The Morgan fingerprint density at radius 3 is 2.23 bits per heavy atom. The summed E-state index contributed by atoms with van der Waals surface area (Å²) in [6, 6.07) is 14.5. The van der Waals surface area contributed by atoms with Gasteiger partial charge in [-0.05, 0) is 68.7 Å². The number of carbonyl (C=O) groups excluding carboxylic acids is 2. The van der Waals surface area contributed by atoms with Gasteiger partial charge in [-0.3, -0.25) is 9.59 Å². The molecule has 1 unspecified atom stereocenters. The fourth-order valence-corrected chi connectivity index (χ4v) is 3.88. The summed E-state index contributed by atoms with van der Waals surface area (Å²) in [5, 5.41) is 11.2. The van der Waals surface area contributed by atoms with Gasteiger partial charge in [0.25, 0.3) is 0 Å². The first-order valence-corrected chi connectivity index (χ1v) is 11.6. The number of amides is 1. The molecule has 2 aromatic carbocycles. The average molecular weight is 489 g/mol. The molecule has 35 heavy (non-hydrogen) atoms. The molecule has 0 aliphatic heterocycles. The number of alkyl halides is 3. The molecule has 0 saturated heterocycles. The maximum atomic E-state index is 12.4. The third-order valence-corrected chi connectivity index (χ3v) is 6.02. The molecule has 2 aromatic rings. The summed E-state index contributed by atoms with van der Waals surface area (Å²) in [5.74, 6) is -0.0233. The third-order valence-electron chi connectivity index (χ3n) is 6.02. The van der Waals surface area contributed by atoms with E-state index in [-0.39, 0.29) is 24.0 Å². The zero-order valence-electron chi connectivity index (χ0n) is 20.2. The van der Waals surface area contributed by atoms with Crippen molar-refractivity contribution in [2.24, 2.45) is 11.8 Å². The van der Waals surface area contributed by atoms with Gasteiger partial charge in [0.15, 0.2) is 5.78 Å². The SMILES string of the molecule is CC(=O)c1ccccc1C(C)C(=O)NCc1ccc(OC(F)(F)F)cc1.CC1CCC(C#N)CC1. The van der Waals surface area contributed by atoms with Crippen LogP contribution in [-0.4, -0.2) is 18.1 Å². The predicted molar refractivity (Wildman–Crippen MR) is 127 cm³/mol. The van der Waals surface area contributed by atoms with Gasteiger partial charge in [-0.25, -0.2) is 0 Å². The number of hydrogen-bond donors (Lipinski definition) is 1. The van der Waals surface area contributed by atoms with Crippen LogP contribution in [0.4, 0.5) is 13.2 Å². The standard InChI is InChI=1S/C19H18F3NO3.C8H13N/c1-12(16-5-3-4-6-17(16)13(2)24)18(25)23-11-14-7-9-15(10-8-14)26-19(20,21)22;1-7-2-4-8(6-9)5-3-7/h3-10,12H,11H2,1-2H3,(H,23,25);7-8H,2-5H2,1H3. The predicted octanol–water partition coefficient (Wildman–Crippen LogP) is 6.54. The molecule has 0 spiro atoms. The Kier molecular flexibility index (Phi) is 10.3. The Bertz CT molecular complexity index is 1020. The maximum Gasteiger partial charge on any atom is 0.573 e.